The van der Waals surface area contributed by atoms with Crippen molar-refractivity contribution in [3.63, 3.8) is 0 Å². The summed E-state index contributed by atoms with van der Waals surface area (Å²) < 4.78 is 90.8. The molecule has 118 valence electrons. The second-order valence-electron chi connectivity index (χ2n) is 4.89. The summed E-state index contributed by atoms with van der Waals surface area (Å²) in [6, 6.07) is 0. The lowest BCUT2D eigenvalue weighted by Gasteiger charge is -2.29. The SMILES string of the molecule is O=C(OCC(F)(C(F)(F)F)C(F)(F)F)C1=CC2C=CC1C2. The van der Waals surface area contributed by atoms with E-state index in [0.29, 0.717) is 6.42 Å². The average molecular weight is 318 g/mol. The molecule has 2 aliphatic rings. The molecule has 2 aliphatic carbocycles. The maximum atomic E-state index is 13.3. The molecule has 2 rings (SSSR count). The summed E-state index contributed by atoms with van der Waals surface area (Å²) >= 11 is 0. The minimum Gasteiger partial charge on any atom is -0.458 e. The lowest BCUT2D eigenvalue weighted by atomic mass is 10.0. The fourth-order valence-corrected chi connectivity index (χ4v) is 2.23. The van der Waals surface area contributed by atoms with Crippen LogP contribution in [0.15, 0.2) is 23.8 Å². The monoisotopic (exact) mass is 318 g/mol. The van der Waals surface area contributed by atoms with Crippen LogP contribution >= 0.6 is 0 Å². The quantitative estimate of drug-likeness (QED) is 0.452. The Hall–Kier alpha value is -1.54. The van der Waals surface area contributed by atoms with Crippen molar-refractivity contribution in [3.05, 3.63) is 23.8 Å². The number of hydrogen-bond donors (Lipinski definition) is 0. The third kappa shape index (κ3) is 2.65. The largest absolute Gasteiger partial charge is 0.458 e. The second kappa shape index (κ2) is 4.74. The molecule has 0 radical (unpaired) electrons. The van der Waals surface area contributed by atoms with E-state index in [-0.39, 0.29) is 11.5 Å². The van der Waals surface area contributed by atoms with Gasteiger partial charge in [-0.15, -0.1) is 0 Å². The van der Waals surface area contributed by atoms with Crippen LogP contribution in [0.2, 0.25) is 0 Å². The van der Waals surface area contributed by atoms with Crippen molar-refractivity contribution < 1.29 is 40.3 Å². The van der Waals surface area contributed by atoms with E-state index in [9.17, 15) is 35.5 Å². The first-order valence-corrected chi connectivity index (χ1v) is 5.85. The van der Waals surface area contributed by atoms with E-state index in [0.717, 1.165) is 0 Å². The number of carbonyl (C=O) groups is 1. The van der Waals surface area contributed by atoms with Gasteiger partial charge in [-0.2, -0.15) is 26.3 Å². The molecule has 0 aromatic heterocycles. The molecule has 0 saturated heterocycles. The predicted molar refractivity (Wildman–Crippen MR) is 55.7 cm³/mol. The van der Waals surface area contributed by atoms with Gasteiger partial charge in [0.15, 0.2) is 0 Å². The van der Waals surface area contributed by atoms with Crippen molar-refractivity contribution in [3.8, 4) is 0 Å². The normalized spacial score (nSPS) is 25.2. The molecule has 2 nitrogen and oxygen atoms in total. The summed E-state index contributed by atoms with van der Waals surface area (Å²) in [5.74, 6) is -1.84. The van der Waals surface area contributed by atoms with Gasteiger partial charge in [-0.3, -0.25) is 0 Å². The van der Waals surface area contributed by atoms with Crippen molar-refractivity contribution in [2.75, 3.05) is 6.61 Å². The van der Waals surface area contributed by atoms with Crippen LogP contribution in [0.3, 0.4) is 0 Å². The van der Waals surface area contributed by atoms with Crippen LogP contribution in [0.25, 0.3) is 0 Å². The Morgan fingerprint density at radius 2 is 1.67 bits per heavy atom. The average Bonchev–Trinajstić information content (AvgIpc) is 2.94. The molecule has 0 N–H and O–H groups in total. The summed E-state index contributed by atoms with van der Waals surface area (Å²) in [4.78, 5) is 11.5. The summed E-state index contributed by atoms with van der Waals surface area (Å²) in [5.41, 5.74) is -5.61. The number of halogens is 7. The number of alkyl halides is 7. The maximum Gasteiger partial charge on any atom is 0.435 e. The summed E-state index contributed by atoms with van der Waals surface area (Å²) in [5, 5.41) is 0. The zero-order valence-corrected chi connectivity index (χ0v) is 10.3. The van der Waals surface area contributed by atoms with Gasteiger partial charge < -0.3 is 4.74 Å². The van der Waals surface area contributed by atoms with Crippen molar-refractivity contribution in [1.29, 1.82) is 0 Å². The van der Waals surface area contributed by atoms with E-state index in [1.54, 1.807) is 12.2 Å². The molecule has 0 saturated carbocycles. The Balaban J connectivity index is 2.07. The fraction of sp³-hybridized carbons (Fsp3) is 0.583. The molecule has 21 heavy (non-hydrogen) atoms. The lowest BCUT2D eigenvalue weighted by Crippen LogP contribution is -2.56. The molecule has 0 heterocycles. The van der Waals surface area contributed by atoms with Gasteiger partial charge in [-0.1, -0.05) is 18.2 Å². The molecular weight excluding hydrogens is 309 g/mol. The summed E-state index contributed by atoms with van der Waals surface area (Å²) in [6.45, 7) is -2.45. The Morgan fingerprint density at radius 1 is 1.10 bits per heavy atom. The molecule has 0 fully saturated rings. The Bertz CT molecular complexity index is 487. The maximum absolute atomic E-state index is 13.3. The summed E-state index contributed by atoms with van der Waals surface area (Å²) in [7, 11) is 0. The Kier molecular flexibility index (Phi) is 3.57. The molecular formula is C12H9F7O2. The number of carbonyl (C=O) groups excluding carboxylic acids is 1. The van der Waals surface area contributed by atoms with E-state index in [2.05, 4.69) is 4.74 Å². The van der Waals surface area contributed by atoms with Gasteiger partial charge in [0.1, 0.15) is 6.61 Å². The highest BCUT2D eigenvalue weighted by Gasteiger charge is 2.73. The Labute approximate surface area is 114 Å². The van der Waals surface area contributed by atoms with Crippen LogP contribution < -0.4 is 0 Å². The number of esters is 1. The van der Waals surface area contributed by atoms with Crippen LogP contribution in [-0.2, 0) is 9.53 Å². The van der Waals surface area contributed by atoms with Crippen molar-refractivity contribution >= 4 is 5.97 Å². The number of hydrogen-bond acceptors (Lipinski definition) is 2. The van der Waals surface area contributed by atoms with Crippen molar-refractivity contribution in [2.45, 2.75) is 24.4 Å². The standard InChI is InChI=1S/C12H9F7O2/c13-10(11(14,15)16,12(17,18)19)5-21-9(20)8-4-6-1-2-7(8)3-6/h1-2,4,6-7H,3,5H2. The third-order valence-electron chi connectivity index (χ3n) is 3.45. The molecule has 0 aliphatic heterocycles. The summed E-state index contributed by atoms with van der Waals surface area (Å²) in [6.07, 6.45) is -7.18. The molecule has 9 heteroatoms. The second-order valence-corrected chi connectivity index (χ2v) is 4.89. The fourth-order valence-electron chi connectivity index (χ4n) is 2.23. The van der Waals surface area contributed by atoms with Crippen LogP contribution in [0, 0.1) is 11.8 Å². The Morgan fingerprint density at radius 3 is 2.05 bits per heavy atom. The van der Waals surface area contributed by atoms with E-state index >= 15 is 0 Å². The molecule has 0 aromatic carbocycles. The van der Waals surface area contributed by atoms with E-state index in [4.69, 9.17) is 0 Å². The van der Waals surface area contributed by atoms with E-state index < -0.39 is 36.5 Å². The highest BCUT2D eigenvalue weighted by atomic mass is 19.4. The van der Waals surface area contributed by atoms with Crippen molar-refractivity contribution in [2.24, 2.45) is 11.8 Å². The van der Waals surface area contributed by atoms with Crippen molar-refractivity contribution in [1.82, 2.24) is 0 Å². The smallest absolute Gasteiger partial charge is 0.435 e. The zero-order chi connectivity index (χ0) is 16.1. The van der Waals surface area contributed by atoms with E-state index in [1.165, 1.54) is 6.08 Å². The minimum atomic E-state index is -6.23. The molecule has 0 spiro atoms. The van der Waals surface area contributed by atoms with Gasteiger partial charge >= 0.3 is 24.0 Å². The molecule has 0 amide bonds. The number of allylic oxidation sites excluding steroid dienone is 3. The van der Waals surface area contributed by atoms with Gasteiger partial charge in [-0.25, -0.2) is 9.18 Å². The first-order valence-electron chi connectivity index (χ1n) is 5.85. The predicted octanol–water partition coefficient (Wildman–Crippen LogP) is 3.49. The zero-order valence-electron chi connectivity index (χ0n) is 10.3. The van der Waals surface area contributed by atoms with Crippen LogP contribution in [-0.4, -0.2) is 30.6 Å². The van der Waals surface area contributed by atoms with Crippen LogP contribution in [0.1, 0.15) is 6.42 Å². The van der Waals surface area contributed by atoms with E-state index in [1.807, 2.05) is 0 Å². The molecule has 2 bridgehead atoms. The van der Waals surface area contributed by atoms with Crippen LogP contribution in [0.4, 0.5) is 30.7 Å². The molecule has 2 atom stereocenters. The van der Waals surface area contributed by atoms with Gasteiger partial charge in [0.25, 0.3) is 0 Å². The number of rotatable bonds is 3. The minimum absolute atomic E-state index is 0.0331. The highest BCUT2D eigenvalue weighted by Crippen LogP contribution is 2.46. The highest BCUT2D eigenvalue weighted by molar-refractivity contribution is 5.90. The third-order valence-corrected chi connectivity index (χ3v) is 3.45. The van der Waals surface area contributed by atoms with Gasteiger partial charge in [0.2, 0.25) is 0 Å². The van der Waals surface area contributed by atoms with Gasteiger partial charge in [0.05, 0.1) is 0 Å². The van der Waals surface area contributed by atoms with Crippen LogP contribution in [0.5, 0.6) is 0 Å². The number of ether oxygens (including phenoxy) is 1. The lowest BCUT2D eigenvalue weighted by molar-refractivity contribution is -0.349. The topological polar surface area (TPSA) is 26.3 Å². The first-order chi connectivity index (χ1) is 9.46. The van der Waals surface area contributed by atoms with Gasteiger partial charge in [0, 0.05) is 11.5 Å². The first kappa shape index (κ1) is 15.8. The molecule has 0 aromatic rings. The van der Waals surface area contributed by atoms with Gasteiger partial charge in [-0.05, 0) is 12.3 Å². The number of fused-ring (bicyclic) bond motifs is 2. The molecule has 2 unspecified atom stereocenters.